The highest BCUT2D eigenvalue weighted by Crippen LogP contribution is 2.08. The minimum absolute atomic E-state index is 0.611. The normalized spacial score (nSPS) is 13.2. The zero-order valence-electron chi connectivity index (χ0n) is 12.4. The molecule has 0 radical (unpaired) electrons. The van der Waals surface area contributed by atoms with Crippen LogP contribution in [0.1, 0.15) is 48.5 Å². The van der Waals surface area contributed by atoms with Gasteiger partial charge in [-0.15, -0.1) is 0 Å². The Hall–Kier alpha value is -0.0800. The van der Waals surface area contributed by atoms with E-state index in [1.54, 1.807) is 7.11 Å². The van der Waals surface area contributed by atoms with Crippen LogP contribution in [-0.2, 0) is 4.74 Å². The van der Waals surface area contributed by atoms with Crippen molar-refractivity contribution in [3.63, 3.8) is 0 Å². The fourth-order valence-electron chi connectivity index (χ4n) is 1.12. The summed E-state index contributed by atoms with van der Waals surface area (Å²) >= 11 is 0. The van der Waals surface area contributed by atoms with Crippen LogP contribution < -0.4 is 0 Å². The molecule has 0 N–H and O–H groups in total. The fraction of sp³-hybridized carbons (Fsp3) is 1.00. The zero-order valence-corrected chi connectivity index (χ0v) is 12.4. The van der Waals surface area contributed by atoms with E-state index in [0.717, 1.165) is 13.2 Å². The van der Waals surface area contributed by atoms with Gasteiger partial charge in [0.05, 0.1) is 6.61 Å². The molecule has 0 amide bonds. The first-order valence-electron chi connectivity index (χ1n) is 6.32. The van der Waals surface area contributed by atoms with Crippen LogP contribution in [0.4, 0.5) is 0 Å². The molecule has 15 heavy (non-hydrogen) atoms. The quantitative estimate of drug-likeness (QED) is 0.699. The average Bonchev–Trinajstić information content (AvgIpc) is 2.32. The summed E-state index contributed by atoms with van der Waals surface area (Å²) in [7, 11) is 3.91. The molecule has 0 fully saturated rings. The molecule has 0 aliphatic carbocycles. The molecule has 0 aromatic heterocycles. The number of ether oxygens (including phenoxy) is 1. The van der Waals surface area contributed by atoms with E-state index >= 15 is 0 Å². The van der Waals surface area contributed by atoms with Crippen molar-refractivity contribution in [1.29, 1.82) is 0 Å². The van der Waals surface area contributed by atoms with E-state index in [4.69, 9.17) is 4.74 Å². The maximum absolute atomic E-state index is 5.09. The van der Waals surface area contributed by atoms with Crippen molar-refractivity contribution < 1.29 is 4.74 Å². The second kappa shape index (κ2) is 16.4. The Bertz CT molecular complexity index is 96.5. The van der Waals surface area contributed by atoms with Gasteiger partial charge in [0.15, 0.2) is 0 Å². The number of nitrogens with zero attached hydrogens (tertiary/aromatic N) is 1. The molecule has 2 heteroatoms. The first kappa shape index (κ1) is 20.3. The molecule has 0 saturated heterocycles. The lowest BCUT2D eigenvalue weighted by molar-refractivity contribution is 0.105. The lowest BCUT2D eigenvalue weighted by Crippen LogP contribution is -2.35. The number of hydrogen-bond acceptors (Lipinski definition) is 2. The van der Waals surface area contributed by atoms with E-state index in [9.17, 15) is 0 Å². The Balaban J connectivity index is -0.000000318. The van der Waals surface area contributed by atoms with E-state index in [1.165, 1.54) is 0 Å². The molecule has 0 aliphatic heterocycles. The molecule has 2 nitrogen and oxygen atoms in total. The van der Waals surface area contributed by atoms with Gasteiger partial charge in [0, 0.05) is 13.2 Å². The van der Waals surface area contributed by atoms with Crippen LogP contribution in [0.5, 0.6) is 0 Å². The second-order valence-corrected chi connectivity index (χ2v) is 3.25. The Morgan fingerprint density at radius 1 is 1.07 bits per heavy atom. The lowest BCUT2D eigenvalue weighted by atomic mass is 10.0. The van der Waals surface area contributed by atoms with Crippen LogP contribution in [0.3, 0.4) is 0 Å². The Morgan fingerprint density at radius 3 is 1.73 bits per heavy atom. The fourth-order valence-corrected chi connectivity index (χ4v) is 1.12. The summed E-state index contributed by atoms with van der Waals surface area (Å²) in [6.45, 7) is 16.6. The van der Waals surface area contributed by atoms with Gasteiger partial charge < -0.3 is 9.64 Å². The van der Waals surface area contributed by atoms with Crippen molar-refractivity contribution in [2.75, 3.05) is 27.3 Å². The van der Waals surface area contributed by atoms with Crippen LogP contribution in [0, 0.1) is 5.92 Å². The molecule has 2 atom stereocenters. The van der Waals surface area contributed by atoms with Crippen molar-refractivity contribution in [2.24, 2.45) is 5.92 Å². The molecule has 0 bridgehead atoms. The van der Waals surface area contributed by atoms with Crippen LogP contribution >= 0.6 is 0 Å². The van der Waals surface area contributed by atoms with Gasteiger partial charge in [0.2, 0.25) is 0 Å². The van der Waals surface area contributed by atoms with Gasteiger partial charge >= 0.3 is 0 Å². The summed E-state index contributed by atoms with van der Waals surface area (Å²) in [6.07, 6.45) is 0. The predicted molar refractivity (Wildman–Crippen MR) is 71.5 cm³/mol. The van der Waals surface area contributed by atoms with Crippen LogP contribution in [0.2, 0.25) is 0 Å². The monoisotopic (exact) mass is 219 g/mol. The largest absolute Gasteiger partial charge is 0.384 e. The lowest BCUT2D eigenvalue weighted by Gasteiger charge is -2.28. The molecule has 96 valence electrons. The van der Waals surface area contributed by atoms with E-state index in [0.29, 0.717) is 12.0 Å². The minimum Gasteiger partial charge on any atom is -0.384 e. The van der Waals surface area contributed by atoms with Gasteiger partial charge in [-0.2, -0.15) is 0 Å². The summed E-state index contributed by atoms with van der Waals surface area (Å²) in [4.78, 5) is 2.34. The zero-order chi connectivity index (χ0) is 12.9. The number of rotatable bonds is 5. The van der Waals surface area contributed by atoms with Crippen LogP contribution in [0.25, 0.3) is 0 Å². The van der Waals surface area contributed by atoms with Gasteiger partial charge in [-0.05, 0) is 26.4 Å². The molecule has 0 aromatic carbocycles. The van der Waals surface area contributed by atoms with E-state index < -0.39 is 0 Å². The maximum Gasteiger partial charge on any atom is 0.0502 e. The molecule has 0 spiro atoms. The van der Waals surface area contributed by atoms with E-state index in [2.05, 4.69) is 32.7 Å². The molecule has 0 rings (SSSR count). The maximum atomic E-state index is 5.09. The molecule has 0 saturated carbocycles. The summed E-state index contributed by atoms with van der Waals surface area (Å²) in [6, 6.07) is 0.611. The van der Waals surface area contributed by atoms with Crippen molar-refractivity contribution >= 4 is 0 Å². The summed E-state index contributed by atoms with van der Waals surface area (Å²) in [5.74, 6) is 0.616. The van der Waals surface area contributed by atoms with Crippen molar-refractivity contribution in [2.45, 2.75) is 54.5 Å². The van der Waals surface area contributed by atoms with E-state index in [1.807, 2.05) is 27.7 Å². The van der Waals surface area contributed by atoms with Gasteiger partial charge in [0.25, 0.3) is 0 Å². The Kier molecular flexibility index (Phi) is 22.2. The predicted octanol–water partition coefficient (Wildman–Crippen LogP) is 3.66. The van der Waals surface area contributed by atoms with E-state index in [-0.39, 0.29) is 0 Å². The number of hydrogen-bond donors (Lipinski definition) is 0. The molecular weight excluding hydrogens is 186 g/mol. The molecular formula is C13H33NO. The highest BCUT2D eigenvalue weighted by atomic mass is 16.5. The highest BCUT2D eigenvalue weighted by Gasteiger charge is 2.14. The molecule has 0 aliphatic rings. The van der Waals surface area contributed by atoms with Crippen molar-refractivity contribution in [3.05, 3.63) is 0 Å². The first-order chi connectivity index (χ1) is 7.13. The third kappa shape index (κ3) is 11.8. The highest BCUT2D eigenvalue weighted by molar-refractivity contribution is 4.68. The smallest absolute Gasteiger partial charge is 0.0502 e. The number of methoxy groups -OCH3 is 1. The molecule has 2 unspecified atom stereocenters. The minimum atomic E-state index is 0.611. The average molecular weight is 219 g/mol. The Morgan fingerprint density at radius 2 is 1.47 bits per heavy atom. The van der Waals surface area contributed by atoms with Gasteiger partial charge in [0.1, 0.15) is 0 Å². The van der Waals surface area contributed by atoms with Gasteiger partial charge in [-0.1, -0.05) is 41.5 Å². The molecule has 0 aromatic rings. The van der Waals surface area contributed by atoms with Gasteiger partial charge in [-0.25, -0.2) is 0 Å². The SMILES string of the molecule is CC.CC.CCN(C)C(C)C(C)COC. The van der Waals surface area contributed by atoms with Crippen molar-refractivity contribution in [3.8, 4) is 0 Å². The van der Waals surface area contributed by atoms with Crippen LogP contribution in [0.15, 0.2) is 0 Å². The van der Waals surface area contributed by atoms with Gasteiger partial charge in [-0.3, -0.25) is 0 Å². The summed E-state index contributed by atoms with van der Waals surface area (Å²) in [5.41, 5.74) is 0. The second-order valence-electron chi connectivity index (χ2n) is 3.25. The van der Waals surface area contributed by atoms with Crippen LogP contribution in [-0.4, -0.2) is 38.3 Å². The summed E-state index contributed by atoms with van der Waals surface area (Å²) < 4.78 is 5.09. The molecule has 0 heterocycles. The third-order valence-electron chi connectivity index (χ3n) is 2.45. The summed E-state index contributed by atoms with van der Waals surface area (Å²) in [5, 5.41) is 0. The third-order valence-corrected chi connectivity index (χ3v) is 2.45. The standard InChI is InChI=1S/C9H21NO.2C2H6/c1-6-10(4)9(3)8(2)7-11-5;2*1-2/h8-9H,6-7H2,1-5H3;2*1-2H3. The first-order valence-corrected chi connectivity index (χ1v) is 6.32. The Labute approximate surface area is 98.0 Å². The van der Waals surface area contributed by atoms with Crippen molar-refractivity contribution in [1.82, 2.24) is 4.90 Å². The topological polar surface area (TPSA) is 12.5 Å².